The highest BCUT2D eigenvalue weighted by atomic mass is 19.4. The molecule has 2 rings (SSSR count). The third-order valence-corrected chi connectivity index (χ3v) is 2.92. The Labute approximate surface area is 100 Å². The number of carbonyl (C=O) groups is 1. The molecule has 1 aliphatic carbocycles. The van der Waals surface area contributed by atoms with E-state index < -0.39 is 23.7 Å². The van der Waals surface area contributed by atoms with Crippen molar-refractivity contribution in [2.75, 3.05) is 13.2 Å². The fraction of sp³-hybridized carbons (Fsp3) is 0.545. The van der Waals surface area contributed by atoms with Crippen LogP contribution in [0.2, 0.25) is 0 Å². The summed E-state index contributed by atoms with van der Waals surface area (Å²) in [5.74, 6) is -1.22. The van der Waals surface area contributed by atoms with Crippen molar-refractivity contribution in [3.8, 4) is 0 Å². The largest absolute Gasteiger partial charge is 0.412 e. The Kier molecular flexibility index (Phi) is 3.43. The molecule has 0 bridgehead atoms. The molecule has 0 aromatic carbocycles. The maximum absolute atomic E-state index is 13.6. The van der Waals surface area contributed by atoms with Gasteiger partial charge in [-0.1, -0.05) is 0 Å². The minimum atomic E-state index is -4.50. The summed E-state index contributed by atoms with van der Waals surface area (Å²) in [5, 5.41) is 2.48. The molecular weight excluding hydrogens is 254 g/mol. The van der Waals surface area contributed by atoms with Crippen LogP contribution in [0.3, 0.4) is 0 Å². The van der Waals surface area contributed by atoms with Crippen molar-refractivity contribution in [1.29, 1.82) is 0 Å². The number of halogens is 4. The second kappa shape index (κ2) is 4.72. The van der Waals surface area contributed by atoms with Crippen LogP contribution in [0, 0.1) is 0 Å². The van der Waals surface area contributed by atoms with Crippen LogP contribution in [0.15, 0.2) is 23.0 Å². The number of hydrogen-bond acceptors (Lipinski definition) is 2. The summed E-state index contributed by atoms with van der Waals surface area (Å²) in [5.41, 5.74) is -0.688. The van der Waals surface area contributed by atoms with Crippen LogP contribution >= 0.6 is 0 Å². The van der Waals surface area contributed by atoms with Crippen LogP contribution < -0.4 is 5.32 Å². The van der Waals surface area contributed by atoms with E-state index in [0.29, 0.717) is 6.08 Å². The lowest BCUT2D eigenvalue weighted by atomic mass is 9.93. The second-order valence-corrected chi connectivity index (χ2v) is 4.14. The van der Waals surface area contributed by atoms with Crippen molar-refractivity contribution in [1.82, 2.24) is 5.32 Å². The summed E-state index contributed by atoms with van der Waals surface area (Å²) in [4.78, 5) is 10.8. The average molecular weight is 265 g/mol. The van der Waals surface area contributed by atoms with E-state index in [2.05, 4.69) is 5.32 Å². The van der Waals surface area contributed by atoms with E-state index in [-0.39, 0.29) is 37.5 Å². The molecule has 1 atom stereocenters. The molecule has 18 heavy (non-hydrogen) atoms. The van der Waals surface area contributed by atoms with Gasteiger partial charge >= 0.3 is 6.18 Å². The number of hydrogen-bond donors (Lipinski definition) is 1. The minimum Gasteiger partial charge on any atom is -0.362 e. The van der Waals surface area contributed by atoms with Gasteiger partial charge in [-0.3, -0.25) is 4.79 Å². The number of carbonyl (C=O) groups excluding carboxylic acids is 1. The standard InChI is InChI=1S/C11H11F4NO2/c12-8-3-6(11(13,14)15)1-2-7(8)9-4-16-10(17)5-18-9/h3,9H,1-2,4-5H2,(H,16,17). The molecule has 0 aromatic heterocycles. The van der Waals surface area contributed by atoms with Crippen LogP contribution in [0.4, 0.5) is 17.6 Å². The third-order valence-electron chi connectivity index (χ3n) is 2.92. The van der Waals surface area contributed by atoms with Gasteiger partial charge in [-0.05, 0) is 24.5 Å². The van der Waals surface area contributed by atoms with Gasteiger partial charge in [0.15, 0.2) is 0 Å². The topological polar surface area (TPSA) is 38.3 Å². The van der Waals surface area contributed by atoms with Gasteiger partial charge in [0.2, 0.25) is 5.91 Å². The highest BCUT2D eigenvalue weighted by Gasteiger charge is 2.37. The maximum atomic E-state index is 13.6. The molecule has 1 heterocycles. The summed E-state index contributed by atoms with van der Waals surface area (Å²) >= 11 is 0. The minimum absolute atomic E-state index is 0.0439. The summed E-state index contributed by atoms with van der Waals surface area (Å²) in [6.45, 7) is -0.103. The summed E-state index contributed by atoms with van der Waals surface area (Å²) in [7, 11) is 0. The van der Waals surface area contributed by atoms with E-state index in [4.69, 9.17) is 4.74 Å². The van der Waals surface area contributed by atoms with E-state index in [9.17, 15) is 22.4 Å². The van der Waals surface area contributed by atoms with Gasteiger partial charge in [0.1, 0.15) is 12.4 Å². The van der Waals surface area contributed by atoms with Crippen molar-refractivity contribution in [3.05, 3.63) is 23.0 Å². The first-order valence-electron chi connectivity index (χ1n) is 5.42. The molecule has 0 saturated carbocycles. The van der Waals surface area contributed by atoms with Gasteiger partial charge in [0, 0.05) is 12.1 Å². The number of amides is 1. The number of rotatable bonds is 1. The van der Waals surface area contributed by atoms with E-state index in [1.54, 1.807) is 0 Å². The molecule has 1 amide bonds. The fourth-order valence-corrected chi connectivity index (χ4v) is 1.96. The van der Waals surface area contributed by atoms with Crippen LogP contribution in [-0.2, 0) is 9.53 Å². The van der Waals surface area contributed by atoms with Crippen molar-refractivity contribution in [2.24, 2.45) is 0 Å². The number of morpholine rings is 1. The lowest BCUT2D eigenvalue weighted by Crippen LogP contribution is -2.44. The SMILES string of the molecule is O=C1COC(C2=C(F)C=C(C(F)(F)F)CC2)CN1. The van der Waals surface area contributed by atoms with Crippen molar-refractivity contribution < 1.29 is 27.1 Å². The number of allylic oxidation sites excluding steroid dienone is 3. The number of ether oxygens (including phenoxy) is 1. The van der Waals surface area contributed by atoms with Gasteiger partial charge in [-0.2, -0.15) is 13.2 Å². The van der Waals surface area contributed by atoms with Crippen LogP contribution in [-0.4, -0.2) is 31.3 Å². The molecule has 0 spiro atoms. The van der Waals surface area contributed by atoms with E-state index in [0.717, 1.165) is 0 Å². The molecule has 7 heteroatoms. The molecule has 0 aromatic rings. The molecule has 0 radical (unpaired) electrons. The Hall–Kier alpha value is -1.37. The summed E-state index contributed by atoms with van der Waals surface area (Å²) in [6.07, 6.45) is -4.96. The zero-order chi connectivity index (χ0) is 13.3. The summed E-state index contributed by atoms with van der Waals surface area (Å²) in [6, 6.07) is 0. The normalized spacial score (nSPS) is 25.9. The van der Waals surface area contributed by atoms with E-state index >= 15 is 0 Å². The molecular formula is C11H11F4NO2. The fourth-order valence-electron chi connectivity index (χ4n) is 1.96. The second-order valence-electron chi connectivity index (χ2n) is 4.14. The van der Waals surface area contributed by atoms with E-state index in [1.165, 1.54) is 0 Å². The zero-order valence-corrected chi connectivity index (χ0v) is 9.31. The monoisotopic (exact) mass is 265 g/mol. The first kappa shape index (κ1) is 13.1. The van der Waals surface area contributed by atoms with Crippen LogP contribution in [0.1, 0.15) is 12.8 Å². The molecule has 1 saturated heterocycles. The highest BCUT2D eigenvalue weighted by molar-refractivity contribution is 5.77. The van der Waals surface area contributed by atoms with Gasteiger partial charge in [0.05, 0.1) is 6.10 Å². The van der Waals surface area contributed by atoms with Gasteiger partial charge in [-0.15, -0.1) is 0 Å². The number of alkyl halides is 3. The zero-order valence-electron chi connectivity index (χ0n) is 9.31. The Morgan fingerprint density at radius 3 is 2.56 bits per heavy atom. The smallest absolute Gasteiger partial charge is 0.362 e. The van der Waals surface area contributed by atoms with Crippen molar-refractivity contribution in [2.45, 2.75) is 25.1 Å². The van der Waals surface area contributed by atoms with Gasteiger partial charge in [0.25, 0.3) is 0 Å². The first-order valence-corrected chi connectivity index (χ1v) is 5.42. The Bertz CT molecular complexity index is 415. The lowest BCUT2D eigenvalue weighted by Gasteiger charge is -2.28. The average Bonchev–Trinajstić information content (AvgIpc) is 2.29. The van der Waals surface area contributed by atoms with Crippen LogP contribution in [0.5, 0.6) is 0 Å². The molecule has 2 aliphatic rings. The number of nitrogens with one attached hydrogen (secondary N) is 1. The van der Waals surface area contributed by atoms with Gasteiger partial charge < -0.3 is 10.1 Å². The quantitative estimate of drug-likeness (QED) is 0.736. The van der Waals surface area contributed by atoms with Crippen LogP contribution in [0.25, 0.3) is 0 Å². The van der Waals surface area contributed by atoms with Crippen molar-refractivity contribution in [3.63, 3.8) is 0 Å². The van der Waals surface area contributed by atoms with Crippen molar-refractivity contribution >= 4 is 5.91 Å². The Morgan fingerprint density at radius 1 is 1.33 bits per heavy atom. The predicted molar refractivity (Wildman–Crippen MR) is 54.3 cm³/mol. The molecule has 3 nitrogen and oxygen atoms in total. The first-order chi connectivity index (χ1) is 8.38. The molecule has 1 aliphatic heterocycles. The van der Waals surface area contributed by atoms with E-state index in [1.807, 2.05) is 0 Å². The molecule has 1 N–H and O–H groups in total. The Morgan fingerprint density at radius 2 is 2.06 bits per heavy atom. The molecule has 100 valence electrons. The highest BCUT2D eigenvalue weighted by Crippen LogP contribution is 2.37. The molecule has 1 fully saturated rings. The maximum Gasteiger partial charge on any atom is 0.412 e. The lowest BCUT2D eigenvalue weighted by molar-refractivity contribution is -0.131. The Balaban J connectivity index is 2.15. The third kappa shape index (κ3) is 2.72. The predicted octanol–water partition coefficient (Wildman–Crippen LogP) is 2.01. The molecule has 1 unspecified atom stereocenters. The van der Waals surface area contributed by atoms with Gasteiger partial charge in [-0.25, -0.2) is 4.39 Å². The summed E-state index contributed by atoms with van der Waals surface area (Å²) < 4.78 is 55.9.